The number of carboxylic acids is 1. The second-order valence-electron chi connectivity index (χ2n) is 8.36. The summed E-state index contributed by atoms with van der Waals surface area (Å²) in [4.78, 5) is 23.2. The van der Waals surface area contributed by atoms with E-state index in [1.54, 1.807) is 27.7 Å². The predicted octanol–water partition coefficient (Wildman–Crippen LogP) is 4.11. The molecule has 0 radical (unpaired) electrons. The number of nitrogens with one attached hydrogen (secondary N) is 1. The highest BCUT2D eigenvalue weighted by atomic mass is 28.3. The van der Waals surface area contributed by atoms with E-state index in [1.807, 2.05) is 5.70 Å². The third-order valence-electron chi connectivity index (χ3n) is 3.93. The zero-order chi connectivity index (χ0) is 18.6. The zero-order valence-electron chi connectivity index (χ0n) is 15.8. The fourth-order valence-electron chi connectivity index (χ4n) is 1.37. The fraction of sp³-hybridized carbons (Fsp3) is 0.706. The number of amides is 1. The second-order valence-corrected chi connectivity index (χ2v) is 13.6. The van der Waals surface area contributed by atoms with Crippen LogP contribution in [0.1, 0.15) is 48.5 Å². The molecular weight excluding hydrogens is 310 g/mol. The summed E-state index contributed by atoms with van der Waals surface area (Å²) in [6.45, 7) is 17.7. The predicted molar refractivity (Wildman–Crippen MR) is 95.3 cm³/mol. The first kappa shape index (κ1) is 21.5. The SMILES string of the molecule is CC(=C=C[Si](C)(C)C(C)(C)C)[C@H](NC(=O)OC(C)(C)C)C(=O)O. The number of hydrogen-bond acceptors (Lipinski definition) is 3. The Balaban J connectivity index is 5.37. The van der Waals surface area contributed by atoms with Gasteiger partial charge in [0.25, 0.3) is 0 Å². The lowest BCUT2D eigenvalue weighted by molar-refractivity contribution is -0.138. The molecule has 0 aliphatic heterocycles. The molecule has 0 aromatic heterocycles. The Morgan fingerprint density at radius 1 is 1.17 bits per heavy atom. The topological polar surface area (TPSA) is 75.6 Å². The molecule has 0 rings (SSSR count). The number of carbonyl (C=O) groups is 2. The van der Waals surface area contributed by atoms with Gasteiger partial charge in [-0.3, -0.25) is 0 Å². The summed E-state index contributed by atoms with van der Waals surface area (Å²) in [5, 5.41) is 11.9. The van der Waals surface area contributed by atoms with Crippen molar-refractivity contribution in [3.8, 4) is 0 Å². The van der Waals surface area contributed by atoms with Crippen LogP contribution in [0.15, 0.2) is 17.0 Å². The largest absolute Gasteiger partial charge is 0.479 e. The van der Waals surface area contributed by atoms with Gasteiger partial charge >= 0.3 is 12.1 Å². The smallest absolute Gasteiger partial charge is 0.408 e. The van der Waals surface area contributed by atoms with Crippen molar-refractivity contribution in [2.45, 2.75) is 78.2 Å². The van der Waals surface area contributed by atoms with Gasteiger partial charge in [0, 0.05) is 5.57 Å². The molecule has 0 unspecified atom stereocenters. The van der Waals surface area contributed by atoms with Crippen molar-refractivity contribution in [1.82, 2.24) is 5.32 Å². The average Bonchev–Trinajstić information content (AvgIpc) is 2.29. The molecule has 0 spiro atoms. The van der Waals surface area contributed by atoms with Gasteiger partial charge in [-0.15, -0.1) is 5.73 Å². The highest BCUT2D eigenvalue weighted by Gasteiger charge is 2.33. The second kappa shape index (κ2) is 7.36. The van der Waals surface area contributed by atoms with Crippen LogP contribution in [0.25, 0.3) is 0 Å². The van der Waals surface area contributed by atoms with Crippen molar-refractivity contribution in [3.63, 3.8) is 0 Å². The number of rotatable bonds is 4. The van der Waals surface area contributed by atoms with Crippen LogP contribution in [0.5, 0.6) is 0 Å². The van der Waals surface area contributed by atoms with Gasteiger partial charge in [-0.2, -0.15) is 0 Å². The Morgan fingerprint density at radius 3 is 2.00 bits per heavy atom. The molecule has 23 heavy (non-hydrogen) atoms. The maximum atomic E-state index is 11.8. The Bertz CT molecular complexity index is 518. The average molecular weight is 342 g/mol. The van der Waals surface area contributed by atoms with E-state index in [4.69, 9.17) is 4.74 Å². The monoisotopic (exact) mass is 341 g/mol. The van der Waals surface area contributed by atoms with Crippen LogP contribution < -0.4 is 5.32 Å². The van der Waals surface area contributed by atoms with Gasteiger partial charge < -0.3 is 15.2 Å². The first-order chi connectivity index (χ1) is 10.1. The van der Waals surface area contributed by atoms with E-state index >= 15 is 0 Å². The van der Waals surface area contributed by atoms with Gasteiger partial charge in [0.05, 0.1) is 8.07 Å². The first-order valence-corrected chi connectivity index (χ1v) is 10.8. The number of alkyl carbamates (subject to hydrolysis) is 1. The molecule has 5 nitrogen and oxygen atoms in total. The molecule has 0 aromatic carbocycles. The summed E-state index contributed by atoms with van der Waals surface area (Å²) in [6.07, 6.45) is -0.752. The van der Waals surface area contributed by atoms with Gasteiger partial charge in [0.2, 0.25) is 0 Å². The highest BCUT2D eigenvalue weighted by molar-refractivity contribution is 6.84. The lowest BCUT2D eigenvalue weighted by Gasteiger charge is -2.33. The summed E-state index contributed by atoms with van der Waals surface area (Å²) in [6, 6.07) is -1.15. The van der Waals surface area contributed by atoms with Gasteiger partial charge in [-0.05, 0) is 32.7 Å². The number of ether oxygens (including phenoxy) is 1. The van der Waals surface area contributed by atoms with E-state index in [2.05, 4.69) is 44.9 Å². The normalized spacial score (nSPS) is 13.6. The molecule has 0 aliphatic rings. The number of carbonyl (C=O) groups excluding carboxylic acids is 1. The Morgan fingerprint density at radius 2 is 1.65 bits per heavy atom. The lowest BCUT2D eigenvalue weighted by Crippen LogP contribution is -2.44. The summed E-state index contributed by atoms with van der Waals surface area (Å²) in [7, 11) is -1.72. The number of hydrogen-bond donors (Lipinski definition) is 2. The van der Waals surface area contributed by atoms with Crippen LogP contribution in [0.3, 0.4) is 0 Å². The summed E-state index contributed by atoms with van der Waals surface area (Å²) in [5.41, 5.74) is 4.85. The van der Waals surface area contributed by atoms with Crippen molar-refractivity contribution < 1.29 is 19.4 Å². The summed E-state index contributed by atoms with van der Waals surface area (Å²) < 4.78 is 5.11. The van der Waals surface area contributed by atoms with Crippen LogP contribution in [0.4, 0.5) is 4.79 Å². The third-order valence-corrected chi connectivity index (χ3v) is 8.67. The number of aliphatic carboxylic acids is 1. The molecule has 6 heteroatoms. The van der Waals surface area contributed by atoms with Gasteiger partial charge in [0.1, 0.15) is 5.60 Å². The van der Waals surface area contributed by atoms with Gasteiger partial charge in [-0.25, -0.2) is 9.59 Å². The molecule has 0 bridgehead atoms. The molecule has 0 aromatic rings. The maximum Gasteiger partial charge on any atom is 0.408 e. The molecule has 1 atom stereocenters. The molecule has 1 amide bonds. The highest BCUT2D eigenvalue weighted by Crippen LogP contribution is 2.36. The van der Waals surface area contributed by atoms with Crippen LogP contribution in [-0.2, 0) is 9.53 Å². The van der Waals surface area contributed by atoms with Crippen LogP contribution in [0, 0.1) is 0 Å². The van der Waals surface area contributed by atoms with Gasteiger partial charge in [0.15, 0.2) is 6.04 Å². The lowest BCUT2D eigenvalue weighted by atomic mass is 10.1. The van der Waals surface area contributed by atoms with Crippen molar-refractivity contribution >= 4 is 20.1 Å². The first-order valence-electron chi connectivity index (χ1n) is 7.73. The van der Waals surface area contributed by atoms with Crippen molar-refractivity contribution in [2.24, 2.45) is 0 Å². The Hall–Kier alpha value is -1.52. The molecule has 132 valence electrons. The van der Waals surface area contributed by atoms with Crippen molar-refractivity contribution in [2.75, 3.05) is 0 Å². The molecule has 0 fully saturated rings. The summed E-state index contributed by atoms with van der Waals surface area (Å²) in [5.74, 6) is -1.13. The van der Waals surface area contributed by atoms with Crippen molar-refractivity contribution in [3.05, 3.63) is 17.0 Å². The minimum Gasteiger partial charge on any atom is -0.479 e. The van der Waals surface area contributed by atoms with E-state index in [1.165, 1.54) is 0 Å². The summed E-state index contributed by atoms with van der Waals surface area (Å²) >= 11 is 0. The Labute approximate surface area is 140 Å². The van der Waals surface area contributed by atoms with E-state index in [9.17, 15) is 14.7 Å². The zero-order valence-corrected chi connectivity index (χ0v) is 16.8. The molecule has 0 heterocycles. The van der Waals surface area contributed by atoms with E-state index < -0.39 is 31.8 Å². The van der Waals surface area contributed by atoms with E-state index in [0.29, 0.717) is 5.57 Å². The molecule has 0 saturated heterocycles. The standard InChI is InChI=1S/C17H31NO4Si/c1-12(10-11-23(8,9)17(5,6)7)13(14(19)20)18-15(21)22-16(2,3)4/h11,13H,1-9H3,(H,18,21)(H,19,20)/t10?,13-/m0/s1. The Kier molecular flexibility index (Phi) is 6.88. The van der Waals surface area contributed by atoms with Gasteiger partial charge in [-0.1, -0.05) is 39.6 Å². The maximum absolute atomic E-state index is 11.8. The van der Waals surface area contributed by atoms with Crippen LogP contribution >= 0.6 is 0 Å². The van der Waals surface area contributed by atoms with Crippen molar-refractivity contribution in [1.29, 1.82) is 0 Å². The quantitative estimate of drug-likeness (QED) is 0.596. The molecular formula is C17H31NO4Si. The molecule has 0 saturated carbocycles. The van der Waals surface area contributed by atoms with E-state index in [0.717, 1.165) is 0 Å². The minimum atomic E-state index is -1.72. The fourth-order valence-corrected chi connectivity index (χ4v) is 2.40. The van der Waals surface area contributed by atoms with Crippen LogP contribution in [-0.4, -0.2) is 36.9 Å². The molecule has 0 aliphatic carbocycles. The third kappa shape index (κ3) is 7.53. The van der Waals surface area contributed by atoms with Crippen LogP contribution in [0.2, 0.25) is 18.1 Å². The number of carboxylic acid groups (broad SMARTS) is 1. The van der Waals surface area contributed by atoms with E-state index in [-0.39, 0.29) is 5.04 Å². The molecule has 2 N–H and O–H groups in total. The minimum absolute atomic E-state index is 0.137.